The summed E-state index contributed by atoms with van der Waals surface area (Å²) in [4.78, 5) is 4.57. The van der Waals surface area contributed by atoms with Crippen LogP contribution in [0.15, 0.2) is 60.8 Å². The highest BCUT2D eigenvalue weighted by molar-refractivity contribution is 5.52. The summed E-state index contributed by atoms with van der Waals surface area (Å²) in [5, 5.41) is 3.77. The Morgan fingerprint density at radius 1 is 0.893 bits per heavy atom. The van der Waals surface area contributed by atoms with Gasteiger partial charge in [-0.3, -0.25) is 10.3 Å². The molecule has 3 aromatic rings. The van der Waals surface area contributed by atoms with E-state index >= 15 is 0 Å². The average Bonchev–Trinajstić information content (AvgIpc) is 2.78. The van der Waals surface area contributed by atoms with E-state index in [1.54, 1.807) is 21.3 Å². The summed E-state index contributed by atoms with van der Waals surface area (Å²) in [6, 6.07) is 18.5. The molecule has 0 unspecified atom stereocenters. The zero-order chi connectivity index (χ0) is 19.5. The fourth-order valence-electron chi connectivity index (χ4n) is 3.80. The van der Waals surface area contributed by atoms with E-state index in [1.165, 1.54) is 11.1 Å². The fourth-order valence-corrected chi connectivity index (χ4v) is 3.80. The van der Waals surface area contributed by atoms with E-state index in [4.69, 9.17) is 14.2 Å². The Bertz CT molecular complexity index is 942. The number of nitrogens with zero attached hydrogens (tertiary/aromatic N) is 1. The average molecular weight is 376 g/mol. The number of pyridine rings is 1. The number of methoxy groups -OCH3 is 3. The Kier molecular flexibility index (Phi) is 5.17. The minimum atomic E-state index is 0.0152. The first-order valence-electron chi connectivity index (χ1n) is 9.29. The van der Waals surface area contributed by atoms with Gasteiger partial charge in [0.25, 0.3) is 0 Å². The van der Waals surface area contributed by atoms with Crippen molar-refractivity contribution in [2.75, 3.05) is 21.3 Å². The molecule has 1 aliphatic rings. The molecule has 1 aromatic heterocycles. The van der Waals surface area contributed by atoms with Crippen LogP contribution in [-0.4, -0.2) is 26.3 Å². The Morgan fingerprint density at radius 2 is 1.64 bits per heavy atom. The molecule has 2 aromatic carbocycles. The van der Waals surface area contributed by atoms with Gasteiger partial charge < -0.3 is 14.2 Å². The first kappa shape index (κ1) is 18.3. The van der Waals surface area contributed by atoms with E-state index < -0.39 is 0 Å². The smallest absolute Gasteiger partial charge is 0.161 e. The molecule has 0 radical (unpaired) electrons. The van der Waals surface area contributed by atoms with E-state index in [2.05, 4.69) is 40.6 Å². The number of rotatable bonds is 5. The molecule has 0 saturated heterocycles. The van der Waals surface area contributed by atoms with Crippen LogP contribution >= 0.6 is 0 Å². The molecule has 0 spiro atoms. The van der Waals surface area contributed by atoms with Gasteiger partial charge in [-0.15, -0.1) is 0 Å². The fraction of sp³-hybridized carbons (Fsp3) is 0.261. The van der Waals surface area contributed by atoms with E-state index in [1.807, 2.05) is 30.5 Å². The summed E-state index contributed by atoms with van der Waals surface area (Å²) in [6.07, 6.45) is 2.67. The Balaban J connectivity index is 1.81. The molecule has 144 valence electrons. The number of aromatic nitrogens is 1. The SMILES string of the molecule is COc1ccc([C@@H]2N[C@H](c3ccccn3)Cc3cc(OC)c(OC)cc32)cc1. The second kappa shape index (κ2) is 7.90. The molecule has 5 nitrogen and oxygen atoms in total. The number of hydrogen-bond donors (Lipinski definition) is 1. The second-order valence-electron chi connectivity index (χ2n) is 6.79. The predicted octanol–water partition coefficient (Wildman–Crippen LogP) is 4.08. The van der Waals surface area contributed by atoms with Crippen LogP contribution in [0.25, 0.3) is 0 Å². The summed E-state index contributed by atoms with van der Waals surface area (Å²) >= 11 is 0. The first-order valence-corrected chi connectivity index (χ1v) is 9.29. The van der Waals surface area contributed by atoms with Gasteiger partial charge >= 0.3 is 0 Å². The van der Waals surface area contributed by atoms with Crippen LogP contribution < -0.4 is 19.5 Å². The monoisotopic (exact) mass is 376 g/mol. The molecule has 5 heteroatoms. The van der Waals surface area contributed by atoms with E-state index in [0.29, 0.717) is 0 Å². The minimum Gasteiger partial charge on any atom is -0.497 e. The molecule has 0 fully saturated rings. The van der Waals surface area contributed by atoms with Crippen molar-refractivity contribution in [1.29, 1.82) is 0 Å². The van der Waals surface area contributed by atoms with Crippen molar-refractivity contribution in [3.8, 4) is 17.2 Å². The van der Waals surface area contributed by atoms with Crippen molar-refractivity contribution in [3.63, 3.8) is 0 Å². The van der Waals surface area contributed by atoms with Crippen LogP contribution in [0, 0.1) is 0 Å². The molecule has 2 atom stereocenters. The van der Waals surface area contributed by atoms with Crippen LogP contribution in [0.3, 0.4) is 0 Å². The van der Waals surface area contributed by atoms with Crippen molar-refractivity contribution in [1.82, 2.24) is 10.3 Å². The lowest BCUT2D eigenvalue weighted by molar-refractivity contribution is 0.350. The molecular formula is C23H24N2O3. The summed E-state index contributed by atoms with van der Waals surface area (Å²) < 4.78 is 16.4. The molecule has 28 heavy (non-hydrogen) atoms. The number of benzene rings is 2. The lowest BCUT2D eigenvalue weighted by atomic mass is 9.85. The van der Waals surface area contributed by atoms with Gasteiger partial charge in [0.1, 0.15) is 5.75 Å². The maximum absolute atomic E-state index is 5.55. The highest BCUT2D eigenvalue weighted by atomic mass is 16.5. The summed E-state index contributed by atoms with van der Waals surface area (Å²) in [6.45, 7) is 0. The quantitative estimate of drug-likeness (QED) is 0.727. The number of hydrogen-bond acceptors (Lipinski definition) is 5. The van der Waals surface area contributed by atoms with E-state index in [0.717, 1.165) is 34.9 Å². The Morgan fingerprint density at radius 3 is 2.29 bits per heavy atom. The van der Waals surface area contributed by atoms with Crippen molar-refractivity contribution < 1.29 is 14.2 Å². The standard InChI is InChI=1S/C23H24N2O3/c1-26-17-9-7-15(8-10-17)23-18-14-22(28-3)21(27-2)13-16(18)12-20(25-23)19-6-4-5-11-24-19/h4-11,13-14,20,23,25H,12H2,1-3H3/t20-,23-/m0/s1. The molecule has 0 saturated carbocycles. The van der Waals surface area contributed by atoms with Gasteiger partial charge in [0.15, 0.2) is 11.5 Å². The maximum atomic E-state index is 5.55. The van der Waals surface area contributed by atoms with Gasteiger partial charge in [-0.2, -0.15) is 0 Å². The van der Waals surface area contributed by atoms with Gasteiger partial charge in [-0.25, -0.2) is 0 Å². The number of nitrogens with one attached hydrogen (secondary N) is 1. The lowest BCUT2D eigenvalue weighted by Gasteiger charge is -2.34. The van der Waals surface area contributed by atoms with Crippen molar-refractivity contribution in [2.45, 2.75) is 18.5 Å². The number of ether oxygens (including phenoxy) is 3. The van der Waals surface area contributed by atoms with E-state index in [-0.39, 0.29) is 12.1 Å². The molecule has 0 amide bonds. The second-order valence-corrected chi connectivity index (χ2v) is 6.79. The molecule has 0 bridgehead atoms. The molecule has 2 heterocycles. The predicted molar refractivity (Wildman–Crippen MR) is 108 cm³/mol. The topological polar surface area (TPSA) is 52.6 Å². The lowest BCUT2D eigenvalue weighted by Crippen LogP contribution is -2.34. The molecule has 4 rings (SSSR count). The van der Waals surface area contributed by atoms with Crippen LogP contribution in [0.1, 0.15) is 34.5 Å². The molecular weight excluding hydrogens is 352 g/mol. The van der Waals surface area contributed by atoms with Crippen LogP contribution in [0.4, 0.5) is 0 Å². The molecule has 1 N–H and O–H groups in total. The third-order valence-electron chi connectivity index (χ3n) is 5.24. The molecule has 0 aliphatic carbocycles. The van der Waals surface area contributed by atoms with Gasteiger partial charge in [0.2, 0.25) is 0 Å². The van der Waals surface area contributed by atoms with Crippen LogP contribution in [-0.2, 0) is 6.42 Å². The van der Waals surface area contributed by atoms with Gasteiger partial charge in [-0.1, -0.05) is 18.2 Å². The minimum absolute atomic E-state index is 0.0152. The first-order chi connectivity index (χ1) is 13.7. The zero-order valence-corrected chi connectivity index (χ0v) is 16.3. The summed E-state index contributed by atoms with van der Waals surface area (Å²) in [5.41, 5.74) is 4.61. The van der Waals surface area contributed by atoms with Crippen molar-refractivity contribution in [2.24, 2.45) is 0 Å². The van der Waals surface area contributed by atoms with Crippen LogP contribution in [0.5, 0.6) is 17.2 Å². The molecule has 1 aliphatic heterocycles. The van der Waals surface area contributed by atoms with Gasteiger partial charge in [0.05, 0.1) is 39.1 Å². The van der Waals surface area contributed by atoms with E-state index in [9.17, 15) is 0 Å². The zero-order valence-electron chi connectivity index (χ0n) is 16.3. The summed E-state index contributed by atoms with van der Waals surface area (Å²) in [7, 11) is 5.01. The largest absolute Gasteiger partial charge is 0.497 e. The third-order valence-corrected chi connectivity index (χ3v) is 5.24. The normalized spacial score (nSPS) is 18.2. The van der Waals surface area contributed by atoms with Crippen LogP contribution in [0.2, 0.25) is 0 Å². The highest BCUT2D eigenvalue weighted by Crippen LogP contribution is 2.41. The maximum Gasteiger partial charge on any atom is 0.161 e. The van der Waals surface area contributed by atoms with Crippen molar-refractivity contribution >= 4 is 0 Å². The summed E-state index contributed by atoms with van der Waals surface area (Å²) in [5.74, 6) is 2.32. The Labute approximate surface area is 165 Å². The van der Waals surface area contributed by atoms with Gasteiger partial charge in [0, 0.05) is 6.20 Å². The van der Waals surface area contributed by atoms with Gasteiger partial charge in [-0.05, 0) is 59.5 Å². The highest BCUT2D eigenvalue weighted by Gasteiger charge is 2.30. The Hall–Kier alpha value is -3.05. The number of fused-ring (bicyclic) bond motifs is 1. The van der Waals surface area contributed by atoms with Crippen molar-refractivity contribution in [3.05, 3.63) is 83.2 Å². The third kappa shape index (κ3) is 3.41.